The molecule has 5 atom stereocenters. The Morgan fingerprint density at radius 3 is 2.20 bits per heavy atom. The van der Waals surface area contributed by atoms with Crippen LogP contribution in [0.5, 0.6) is 0 Å². The van der Waals surface area contributed by atoms with Crippen LogP contribution in [0.3, 0.4) is 0 Å². The number of rotatable bonds is 22. The van der Waals surface area contributed by atoms with E-state index in [4.69, 9.17) is 4.42 Å². The van der Waals surface area contributed by atoms with Crippen molar-refractivity contribution in [2.45, 2.75) is 118 Å². The number of aliphatic hydroxyl groups is 1. The molecule has 0 saturated heterocycles. The van der Waals surface area contributed by atoms with Gasteiger partial charge in [0.25, 0.3) is 0 Å². The molecule has 0 saturated carbocycles. The number of hydrogen-bond donors (Lipinski definition) is 5. The van der Waals surface area contributed by atoms with Crippen LogP contribution in [0.2, 0.25) is 0 Å². The first-order chi connectivity index (χ1) is 21.6. The molecule has 1 aromatic heterocycles. The average Bonchev–Trinajstić information content (AvgIpc) is 3.49. The highest BCUT2D eigenvalue weighted by atomic mass is 32.2. The van der Waals surface area contributed by atoms with Crippen LogP contribution in [0.4, 0.5) is 0 Å². The standard InChI is InChI=1S/C34H59N5O6S/c1-21(2)17-25(8)35-14-12-30(41)37-27(13-16-46-9)33(43)38-28(18-22(3)4)29(40)19-24(7)32(42)39-31(23(5)6)34(44)36-20-26-11-10-15-45-26/h10-11,15,21-24,27-29,31,40H,12-14,16-20H2,1-9H3,(H,36,44)(H,37,41)(H,38,43)(H,39,42)/t24-,27+,28+,29+,31?/m1/s1. The number of nitrogens with one attached hydrogen (secondary N) is 4. The first kappa shape index (κ1) is 41.2. The van der Waals surface area contributed by atoms with Gasteiger partial charge in [0, 0.05) is 24.6 Å². The molecule has 0 spiro atoms. The van der Waals surface area contributed by atoms with Gasteiger partial charge in [0.2, 0.25) is 23.6 Å². The Balaban J connectivity index is 2.85. The number of furan rings is 1. The van der Waals surface area contributed by atoms with Crippen molar-refractivity contribution in [3.05, 3.63) is 24.2 Å². The fourth-order valence-corrected chi connectivity index (χ4v) is 5.51. The number of aliphatic hydroxyl groups excluding tert-OH is 1. The van der Waals surface area contributed by atoms with E-state index in [1.165, 1.54) is 6.26 Å². The van der Waals surface area contributed by atoms with Crippen LogP contribution in [-0.2, 0) is 25.7 Å². The van der Waals surface area contributed by atoms with Crippen LogP contribution in [-0.4, -0.2) is 77.2 Å². The summed E-state index contributed by atoms with van der Waals surface area (Å²) in [5, 5.41) is 22.7. The number of thioether (sulfide) groups is 1. The number of hydrogen-bond acceptors (Lipinski definition) is 8. The SMILES string of the molecule is CSCC[C@H](NC(=O)CCN=C(C)CC(C)C)C(=O)N[C@@H](CC(C)C)[C@@H](O)C[C@@H](C)C(=O)NC(C(=O)NCc1ccco1)C(C)C. The monoisotopic (exact) mass is 665 g/mol. The molecule has 0 radical (unpaired) electrons. The van der Waals surface area contributed by atoms with Crippen molar-refractivity contribution in [2.24, 2.45) is 28.7 Å². The van der Waals surface area contributed by atoms with Crippen molar-refractivity contribution < 1.29 is 28.7 Å². The maximum Gasteiger partial charge on any atom is 0.243 e. The molecular weight excluding hydrogens is 606 g/mol. The second-order valence-electron chi connectivity index (χ2n) is 13.3. The molecule has 1 rings (SSSR count). The van der Waals surface area contributed by atoms with E-state index in [1.54, 1.807) is 30.8 Å². The van der Waals surface area contributed by atoms with Gasteiger partial charge in [-0.05, 0) is 74.5 Å². The summed E-state index contributed by atoms with van der Waals surface area (Å²) in [5.74, 6) is -0.187. The van der Waals surface area contributed by atoms with Gasteiger partial charge in [-0.1, -0.05) is 48.5 Å². The van der Waals surface area contributed by atoms with Crippen LogP contribution in [0.15, 0.2) is 27.8 Å². The second kappa shape index (κ2) is 21.8. The van der Waals surface area contributed by atoms with Gasteiger partial charge in [0.15, 0.2) is 0 Å². The lowest BCUT2D eigenvalue weighted by Gasteiger charge is -2.30. The third-order valence-corrected chi connectivity index (χ3v) is 8.15. The predicted molar refractivity (Wildman–Crippen MR) is 185 cm³/mol. The summed E-state index contributed by atoms with van der Waals surface area (Å²) in [6.45, 7) is 16.1. The predicted octanol–water partition coefficient (Wildman–Crippen LogP) is 4.09. The first-order valence-electron chi connectivity index (χ1n) is 16.5. The average molecular weight is 666 g/mol. The summed E-state index contributed by atoms with van der Waals surface area (Å²) in [6, 6.07) is 1.34. The fourth-order valence-electron chi connectivity index (χ4n) is 5.04. The Labute approximate surface area is 280 Å². The second-order valence-corrected chi connectivity index (χ2v) is 14.3. The largest absolute Gasteiger partial charge is 0.467 e. The van der Waals surface area contributed by atoms with Crippen molar-refractivity contribution in [2.75, 3.05) is 18.6 Å². The van der Waals surface area contributed by atoms with E-state index < -0.39 is 30.1 Å². The van der Waals surface area contributed by atoms with Crippen molar-refractivity contribution >= 4 is 41.1 Å². The Kier molecular flexibility index (Phi) is 19.5. The van der Waals surface area contributed by atoms with E-state index in [2.05, 4.69) is 40.1 Å². The molecule has 0 aromatic carbocycles. The molecule has 0 aliphatic heterocycles. The highest BCUT2D eigenvalue weighted by Gasteiger charge is 2.31. The van der Waals surface area contributed by atoms with Crippen LogP contribution in [0, 0.1) is 23.7 Å². The zero-order chi connectivity index (χ0) is 34.8. The van der Waals surface area contributed by atoms with E-state index in [1.807, 2.05) is 40.9 Å². The molecule has 0 fully saturated rings. The minimum Gasteiger partial charge on any atom is -0.467 e. The smallest absolute Gasteiger partial charge is 0.243 e. The molecule has 1 heterocycles. The topological polar surface area (TPSA) is 162 Å². The first-order valence-corrected chi connectivity index (χ1v) is 17.9. The summed E-state index contributed by atoms with van der Waals surface area (Å²) >= 11 is 1.58. The van der Waals surface area contributed by atoms with Gasteiger partial charge in [-0.2, -0.15) is 11.8 Å². The highest BCUT2D eigenvalue weighted by molar-refractivity contribution is 7.98. The third-order valence-electron chi connectivity index (χ3n) is 7.51. The van der Waals surface area contributed by atoms with Gasteiger partial charge in [-0.3, -0.25) is 24.2 Å². The Morgan fingerprint density at radius 1 is 0.935 bits per heavy atom. The number of carbonyl (C=O) groups is 4. The molecule has 1 aromatic rings. The third kappa shape index (κ3) is 16.6. The van der Waals surface area contributed by atoms with Crippen LogP contribution in [0.1, 0.15) is 93.3 Å². The lowest BCUT2D eigenvalue weighted by Crippen LogP contribution is -2.54. The molecule has 11 nitrogen and oxygen atoms in total. The molecule has 0 aliphatic carbocycles. The lowest BCUT2D eigenvalue weighted by molar-refractivity contribution is -0.133. The molecule has 12 heteroatoms. The van der Waals surface area contributed by atoms with E-state index >= 15 is 0 Å². The molecule has 4 amide bonds. The van der Waals surface area contributed by atoms with E-state index in [0.29, 0.717) is 36.8 Å². The highest BCUT2D eigenvalue weighted by Crippen LogP contribution is 2.17. The molecule has 1 unspecified atom stereocenters. The fraction of sp³-hybridized carbons (Fsp3) is 0.735. The van der Waals surface area contributed by atoms with Gasteiger partial charge in [0.1, 0.15) is 17.8 Å². The van der Waals surface area contributed by atoms with Crippen molar-refractivity contribution in [1.82, 2.24) is 21.3 Å². The minimum absolute atomic E-state index is 0.0812. The van der Waals surface area contributed by atoms with Crippen molar-refractivity contribution in [3.63, 3.8) is 0 Å². The summed E-state index contributed by atoms with van der Waals surface area (Å²) in [6.07, 6.45) is 4.51. The lowest BCUT2D eigenvalue weighted by atomic mass is 9.91. The van der Waals surface area contributed by atoms with E-state index in [-0.39, 0.29) is 54.9 Å². The van der Waals surface area contributed by atoms with E-state index in [9.17, 15) is 24.3 Å². The Hall–Kier alpha value is -2.86. The molecule has 46 heavy (non-hydrogen) atoms. The molecule has 5 N–H and O–H groups in total. The van der Waals surface area contributed by atoms with E-state index in [0.717, 1.165) is 12.1 Å². The number of aliphatic imine (C=N–C) groups is 1. The van der Waals surface area contributed by atoms with Gasteiger partial charge < -0.3 is 30.8 Å². The number of nitrogens with zero attached hydrogens (tertiary/aromatic N) is 1. The zero-order valence-electron chi connectivity index (χ0n) is 29.4. The Bertz CT molecular complexity index is 1090. The number of carbonyl (C=O) groups excluding carboxylic acids is 4. The van der Waals surface area contributed by atoms with Crippen molar-refractivity contribution in [1.29, 1.82) is 0 Å². The summed E-state index contributed by atoms with van der Waals surface area (Å²) in [7, 11) is 0. The maximum atomic E-state index is 13.4. The van der Waals surface area contributed by atoms with Gasteiger partial charge in [0.05, 0.1) is 25.0 Å². The summed E-state index contributed by atoms with van der Waals surface area (Å²) < 4.78 is 5.26. The Morgan fingerprint density at radius 2 is 1.63 bits per heavy atom. The number of amides is 4. The van der Waals surface area contributed by atoms with Gasteiger partial charge in [-0.15, -0.1) is 0 Å². The molecular formula is C34H59N5O6S. The minimum atomic E-state index is -1.02. The zero-order valence-corrected chi connectivity index (χ0v) is 30.2. The van der Waals surface area contributed by atoms with Crippen LogP contribution in [0.25, 0.3) is 0 Å². The van der Waals surface area contributed by atoms with Crippen LogP contribution >= 0.6 is 11.8 Å². The quantitative estimate of drug-likeness (QED) is 0.117. The molecule has 0 aliphatic rings. The van der Waals surface area contributed by atoms with Gasteiger partial charge >= 0.3 is 0 Å². The van der Waals surface area contributed by atoms with Gasteiger partial charge in [-0.25, -0.2) is 0 Å². The molecule has 0 bridgehead atoms. The molecule has 262 valence electrons. The summed E-state index contributed by atoms with van der Waals surface area (Å²) in [5.41, 5.74) is 1.00. The van der Waals surface area contributed by atoms with Crippen LogP contribution < -0.4 is 21.3 Å². The van der Waals surface area contributed by atoms with Crippen molar-refractivity contribution in [3.8, 4) is 0 Å². The maximum absolute atomic E-state index is 13.4. The summed E-state index contributed by atoms with van der Waals surface area (Å²) in [4.78, 5) is 56.7. The normalized spacial score (nSPS) is 15.3.